The van der Waals surface area contributed by atoms with E-state index >= 15 is 0 Å². The Hall–Kier alpha value is -0.150. The van der Waals surface area contributed by atoms with Crippen LogP contribution in [-0.4, -0.2) is 43.4 Å². The molecule has 7 nitrogen and oxygen atoms in total. The van der Waals surface area contributed by atoms with Crippen molar-refractivity contribution in [2.75, 3.05) is 13.2 Å². The molecule has 0 rings (SSSR count). The molecule has 9 heteroatoms. The summed E-state index contributed by atoms with van der Waals surface area (Å²) in [6, 6.07) is 0. The van der Waals surface area contributed by atoms with Crippen molar-refractivity contribution >= 4 is 22.1 Å². The molecule has 0 fully saturated rings. The monoisotopic (exact) mass is 612 g/mol. The number of esters is 2. The van der Waals surface area contributed by atoms with Crippen LogP contribution in [0.4, 0.5) is 0 Å². The predicted octanol–water partition coefficient (Wildman–Crippen LogP) is 5.49. The van der Waals surface area contributed by atoms with Crippen molar-refractivity contribution in [3.05, 3.63) is 0 Å². The summed E-state index contributed by atoms with van der Waals surface area (Å²) in [5.41, 5.74) is 0. The van der Waals surface area contributed by atoms with Crippen molar-refractivity contribution in [2.24, 2.45) is 11.8 Å². The summed E-state index contributed by atoms with van der Waals surface area (Å²) in [7, 11) is -5.05. The molecular weight excluding hydrogens is 551 g/mol. The molecule has 238 valence electrons. The van der Waals surface area contributed by atoms with Gasteiger partial charge >= 0.3 is 41.5 Å². The summed E-state index contributed by atoms with van der Waals surface area (Å²) >= 11 is 0. The van der Waals surface area contributed by atoms with Crippen molar-refractivity contribution in [1.82, 2.24) is 0 Å². The molecule has 0 heterocycles. The van der Waals surface area contributed by atoms with E-state index in [1.165, 1.54) is 77.0 Å². The Bertz CT molecular complexity index is 730. The quantitative estimate of drug-likeness (QED) is 0.0497. The van der Waals surface area contributed by atoms with E-state index in [-0.39, 0.29) is 54.6 Å². The Balaban J connectivity index is 0. The van der Waals surface area contributed by atoms with Gasteiger partial charge in [0.05, 0.1) is 19.6 Å². The van der Waals surface area contributed by atoms with Gasteiger partial charge in [-0.2, -0.15) is 0 Å². The second-order valence-electron chi connectivity index (χ2n) is 11.6. The van der Waals surface area contributed by atoms with E-state index < -0.39 is 33.7 Å². The van der Waals surface area contributed by atoms with Crippen molar-refractivity contribution in [2.45, 2.75) is 168 Å². The van der Waals surface area contributed by atoms with E-state index in [0.717, 1.165) is 51.4 Å². The van der Waals surface area contributed by atoms with Crippen LogP contribution < -0.4 is 29.6 Å². The van der Waals surface area contributed by atoms with Gasteiger partial charge in [0.1, 0.15) is 10.1 Å². The fourth-order valence-electron chi connectivity index (χ4n) is 4.96. The number of unbranched alkanes of at least 4 members (excludes halogenated alkanes) is 14. The van der Waals surface area contributed by atoms with Crippen LogP contribution in [-0.2, 0) is 29.2 Å². The van der Waals surface area contributed by atoms with Crippen LogP contribution in [0.1, 0.15) is 163 Å². The first-order valence-corrected chi connectivity index (χ1v) is 17.9. The van der Waals surface area contributed by atoms with Crippen LogP contribution in [0.15, 0.2) is 0 Å². The van der Waals surface area contributed by atoms with Crippen LogP contribution in [0.3, 0.4) is 0 Å². The second-order valence-corrected chi connectivity index (χ2v) is 13.1. The van der Waals surface area contributed by atoms with Crippen LogP contribution >= 0.6 is 0 Å². The molecule has 3 atom stereocenters. The first kappa shape index (κ1) is 43.0. The van der Waals surface area contributed by atoms with Crippen molar-refractivity contribution in [1.29, 1.82) is 0 Å². The first-order chi connectivity index (χ1) is 19.2. The maximum atomic E-state index is 12.5. The van der Waals surface area contributed by atoms with E-state index in [0.29, 0.717) is 0 Å². The fraction of sp³-hybridized carbons (Fsp3) is 0.938. The molecule has 0 amide bonds. The molecule has 3 unspecified atom stereocenters. The summed E-state index contributed by atoms with van der Waals surface area (Å²) in [4.78, 5) is 24.9. The maximum absolute atomic E-state index is 12.5. The van der Waals surface area contributed by atoms with Crippen LogP contribution in [0.5, 0.6) is 0 Å². The molecule has 0 aromatic carbocycles. The van der Waals surface area contributed by atoms with Crippen molar-refractivity contribution < 1.29 is 61.6 Å². The summed E-state index contributed by atoms with van der Waals surface area (Å²) in [5, 5.41) is -2.06. The Kier molecular flexibility index (Phi) is 30.0. The SMILES string of the molecule is CCCCCCCCCCC(CC)COC(=O)CC(C(=O)OCC(CC)CCCCCCCCCC)S(=O)(=O)[O-].[Na+]. The van der Waals surface area contributed by atoms with Crippen LogP contribution in [0, 0.1) is 11.8 Å². The van der Waals surface area contributed by atoms with E-state index in [1.807, 2.05) is 13.8 Å². The molecule has 0 saturated carbocycles. The Morgan fingerprint density at radius 2 is 0.976 bits per heavy atom. The second kappa shape index (κ2) is 28.6. The Labute approximate surface area is 275 Å². The zero-order valence-corrected chi connectivity index (χ0v) is 30.1. The van der Waals surface area contributed by atoms with Gasteiger partial charge in [-0.15, -0.1) is 0 Å². The first-order valence-electron chi connectivity index (χ1n) is 16.5. The predicted molar refractivity (Wildman–Crippen MR) is 162 cm³/mol. The average Bonchev–Trinajstić information content (AvgIpc) is 2.92. The van der Waals surface area contributed by atoms with Gasteiger partial charge in [0, 0.05) is 0 Å². The van der Waals surface area contributed by atoms with Gasteiger partial charge in [-0.05, 0) is 24.7 Å². The normalized spacial score (nSPS) is 13.7. The maximum Gasteiger partial charge on any atom is 1.00 e. The Morgan fingerprint density at radius 1 is 0.610 bits per heavy atom. The van der Waals surface area contributed by atoms with E-state index in [9.17, 15) is 22.6 Å². The smallest absolute Gasteiger partial charge is 0.747 e. The van der Waals surface area contributed by atoms with Gasteiger partial charge < -0.3 is 14.0 Å². The Morgan fingerprint density at radius 3 is 1.34 bits per heavy atom. The van der Waals surface area contributed by atoms with Crippen LogP contribution in [0.25, 0.3) is 0 Å². The van der Waals surface area contributed by atoms with Gasteiger partial charge in [0.2, 0.25) is 0 Å². The molecule has 0 radical (unpaired) electrons. The molecule has 41 heavy (non-hydrogen) atoms. The molecule has 0 aliphatic rings. The number of rotatable bonds is 28. The number of ether oxygens (including phenoxy) is 2. The average molecular weight is 613 g/mol. The molecular formula is C32H61NaO7S. The fourth-order valence-corrected chi connectivity index (χ4v) is 5.61. The largest absolute Gasteiger partial charge is 1.00 e. The molecule has 0 aromatic heterocycles. The number of carbonyl (C=O) groups excluding carboxylic acids is 2. The minimum atomic E-state index is -5.05. The van der Waals surface area contributed by atoms with E-state index in [2.05, 4.69) is 13.8 Å². The van der Waals surface area contributed by atoms with E-state index in [1.54, 1.807) is 0 Å². The molecule has 0 aliphatic heterocycles. The topological polar surface area (TPSA) is 110 Å². The van der Waals surface area contributed by atoms with Gasteiger partial charge in [-0.3, -0.25) is 9.59 Å². The third-order valence-corrected chi connectivity index (χ3v) is 9.05. The molecule has 0 aliphatic carbocycles. The minimum absolute atomic E-state index is 0. The summed E-state index contributed by atoms with van der Waals surface area (Å²) in [6.07, 6.45) is 22.1. The summed E-state index contributed by atoms with van der Waals surface area (Å²) < 4.78 is 45.9. The summed E-state index contributed by atoms with van der Waals surface area (Å²) in [5.74, 6) is -1.71. The van der Waals surface area contributed by atoms with Crippen molar-refractivity contribution in [3.63, 3.8) is 0 Å². The third kappa shape index (κ3) is 24.9. The number of carbonyl (C=O) groups is 2. The third-order valence-electron chi connectivity index (χ3n) is 7.99. The van der Waals surface area contributed by atoms with Gasteiger partial charge in [0.15, 0.2) is 5.25 Å². The van der Waals surface area contributed by atoms with Gasteiger partial charge in [0.25, 0.3) is 0 Å². The zero-order valence-electron chi connectivity index (χ0n) is 27.3. The number of hydrogen-bond acceptors (Lipinski definition) is 7. The molecule has 0 spiro atoms. The van der Waals surface area contributed by atoms with Crippen LogP contribution in [0.2, 0.25) is 0 Å². The zero-order chi connectivity index (χ0) is 30.1. The molecule has 0 N–H and O–H groups in total. The minimum Gasteiger partial charge on any atom is -0.747 e. The molecule has 0 saturated heterocycles. The van der Waals surface area contributed by atoms with Crippen molar-refractivity contribution in [3.8, 4) is 0 Å². The molecule has 0 aromatic rings. The van der Waals surface area contributed by atoms with E-state index in [4.69, 9.17) is 9.47 Å². The number of hydrogen-bond donors (Lipinski definition) is 0. The molecule has 0 bridgehead atoms. The standard InChI is InChI=1S/C32H62O7S.Na/c1-5-9-11-13-15-17-19-21-23-28(7-3)26-38-31(33)25-30(40(35,36)37)32(34)39-27-29(8-4)24-22-20-18-16-14-12-10-6-2;/h28-30H,5-27H2,1-4H3,(H,35,36,37);/q;+1/p-1. The van der Waals surface area contributed by atoms with Gasteiger partial charge in [-0.25, -0.2) is 8.42 Å². The summed E-state index contributed by atoms with van der Waals surface area (Å²) in [6.45, 7) is 8.68. The van der Waals surface area contributed by atoms with Gasteiger partial charge in [-0.1, -0.05) is 143 Å².